The van der Waals surface area contributed by atoms with Crippen molar-refractivity contribution in [2.24, 2.45) is 0 Å². The predicted octanol–water partition coefficient (Wildman–Crippen LogP) is 3.29. The predicted molar refractivity (Wildman–Crippen MR) is 62.5 cm³/mol. The lowest BCUT2D eigenvalue weighted by molar-refractivity contribution is 0.102. The Bertz CT molecular complexity index is 560. The van der Waals surface area contributed by atoms with Gasteiger partial charge in [-0.1, -0.05) is 6.07 Å². The zero-order chi connectivity index (χ0) is 12.4. The summed E-state index contributed by atoms with van der Waals surface area (Å²) in [6, 6.07) is 6.15. The number of furan rings is 1. The normalized spacial score (nSPS) is 10.3. The van der Waals surface area contributed by atoms with E-state index in [-0.39, 0.29) is 11.7 Å². The highest BCUT2D eigenvalue weighted by molar-refractivity contribution is 6.04. The van der Waals surface area contributed by atoms with Crippen LogP contribution in [0.25, 0.3) is 0 Å². The zero-order valence-electron chi connectivity index (χ0n) is 9.58. The molecular formula is C13H12FNO2. The molecule has 0 aliphatic heterocycles. The highest BCUT2D eigenvalue weighted by Gasteiger charge is 2.11. The van der Waals surface area contributed by atoms with Gasteiger partial charge >= 0.3 is 0 Å². The number of benzene rings is 1. The summed E-state index contributed by atoms with van der Waals surface area (Å²) in [6.45, 7) is 3.37. The van der Waals surface area contributed by atoms with Crippen LogP contribution in [0.1, 0.15) is 21.7 Å². The van der Waals surface area contributed by atoms with Gasteiger partial charge in [-0.25, -0.2) is 4.39 Å². The molecular weight excluding hydrogens is 221 g/mol. The fourth-order valence-corrected chi connectivity index (χ4v) is 1.49. The third-order valence-electron chi connectivity index (χ3n) is 2.53. The van der Waals surface area contributed by atoms with E-state index < -0.39 is 0 Å². The minimum atomic E-state index is -0.341. The Kier molecular flexibility index (Phi) is 2.95. The van der Waals surface area contributed by atoms with Gasteiger partial charge in [0.15, 0.2) is 0 Å². The van der Waals surface area contributed by atoms with Crippen LogP contribution < -0.4 is 5.32 Å². The highest BCUT2D eigenvalue weighted by atomic mass is 19.1. The summed E-state index contributed by atoms with van der Waals surface area (Å²) >= 11 is 0. The Morgan fingerprint density at radius 1 is 1.29 bits per heavy atom. The summed E-state index contributed by atoms with van der Waals surface area (Å²) in [4.78, 5) is 11.8. The summed E-state index contributed by atoms with van der Waals surface area (Å²) in [5.41, 5.74) is 1.42. The Hall–Kier alpha value is -2.10. The molecule has 1 N–H and O–H groups in total. The molecule has 0 bridgehead atoms. The second-order valence-corrected chi connectivity index (χ2v) is 3.81. The smallest absolute Gasteiger partial charge is 0.259 e. The van der Waals surface area contributed by atoms with Crippen LogP contribution in [0, 0.1) is 19.7 Å². The SMILES string of the molecule is Cc1ccc(NC(=O)c2ccoc2C)cc1F. The quantitative estimate of drug-likeness (QED) is 0.864. The molecule has 0 spiro atoms. The van der Waals surface area contributed by atoms with Gasteiger partial charge in [-0.2, -0.15) is 0 Å². The molecule has 0 saturated carbocycles. The molecule has 0 atom stereocenters. The molecule has 1 amide bonds. The molecule has 0 saturated heterocycles. The molecule has 0 unspecified atom stereocenters. The lowest BCUT2D eigenvalue weighted by Gasteiger charge is -2.05. The summed E-state index contributed by atoms with van der Waals surface area (Å²) in [5.74, 6) is -0.110. The molecule has 2 aromatic rings. The minimum absolute atomic E-state index is 0.306. The van der Waals surface area contributed by atoms with Gasteiger partial charge in [-0.15, -0.1) is 0 Å². The van der Waals surface area contributed by atoms with E-state index in [1.54, 1.807) is 32.0 Å². The topological polar surface area (TPSA) is 42.2 Å². The van der Waals surface area contributed by atoms with E-state index in [0.717, 1.165) is 0 Å². The van der Waals surface area contributed by atoms with E-state index in [4.69, 9.17) is 4.42 Å². The minimum Gasteiger partial charge on any atom is -0.469 e. The van der Waals surface area contributed by atoms with E-state index in [0.29, 0.717) is 22.6 Å². The summed E-state index contributed by atoms with van der Waals surface area (Å²) in [7, 11) is 0. The maximum Gasteiger partial charge on any atom is 0.259 e. The van der Waals surface area contributed by atoms with Gasteiger partial charge in [-0.3, -0.25) is 4.79 Å². The lowest BCUT2D eigenvalue weighted by Crippen LogP contribution is -2.12. The van der Waals surface area contributed by atoms with Crippen LogP contribution in [0.4, 0.5) is 10.1 Å². The molecule has 0 fully saturated rings. The fraction of sp³-hybridized carbons (Fsp3) is 0.154. The summed E-state index contributed by atoms with van der Waals surface area (Å²) < 4.78 is 18.3. The van der Waals surface area contributed by atoms with Crippen LogP contribution in [0.2, 0.25) is 0 Å². The van der Waals surface area contributed by atoms with Crippen LogP contribution in [-0.2, 0) is 0 Å². The Balaban J connectivity index is 2.19. The van der Waals surface area contributed by atoms with Crippen molar-refractivity contribution in [1.82, 2.24) is 0 Å². The van der Waals surface area contributed by atoms with Crippen molar-refractivity contribution < 1.29 is 13.6 Å². The van der Waals surface area contributed by atoms with Crippen molar-refractivity contribution in [3.8, 4) is 0 Å². The van der Waals surface area contributed by atoms with Gasteiger partial charge in [-0.05, 0) is 37.6 Å². The molecule has 1 aromatic heterocycles. The van der Waals surface area contributed by atoms with Crippen molar-refractivity contribution in [1.29, 1.82) is 0 Å². The number of carbonyl (C=O) groups is 1. The third kappa shape index (κ3) is 2.36. The van der Waals surface area contributed by atoms with Gasteiger partial charge in [0.2, 0.25) is 0 Å². The standard InChI is InChI=1S/C13H12FNO2/c1-8-3-4-10(7-12(8)14)15-13(16)11-5-6-17-9(11)2/h3-7H,1-2H3,(H,15,16). The number of carbonyl (C=O) groups excluding carboxylic acids is 1. The molecule has 0 radical (unpaired) electrons. The van der Waals surface area contributed by atoms with Crippen molar-refractivity contribution in [3.63, 3.8) is 0 Å². The van der Waals surface area contributed by atoms with Crippen LogP contribution >= 0.6 is 0 Å². The average molecular weight is 233 g/mol. The first-order chi connectivity index (χ1) is 8.08. The molecule has 3 nitrogen and oxygen atoms in total. The van der Waals surface area contributed by atoms with Gasteiger partial charge in [0.25, 0.3) is 5.91 Å². The van der Waals surface area contributed by atoms with Crippen LogP contribution in [0.5, 0.6) is 0 Å². The molecule has 4 heteroatoms. The summed E-state index contributed by atoms with van der Waals surface area (Å²) in [6.07, 6.45) is 1.44. The Morgan fingerprint density at radius 2 is 2.06 bits per heavy atom. The molecule has 1 aromatic carbocycles. The van der Waals surface area contributed by atoms with Gasteiger partial charge in [0.05, 0.1) is 11.8 Å². The van der Waals surface area contributed by atoms with Gasteiger partial charge < -0.3 is 9.73 Å². The van der Waals surface area contributed by atoms with E-state index in [1.165, 1.54) is 12.3 Å². The molecule has 2 rings (SSSR count). The van der Waals surface area contributed by atoms with E-state index in [2.05, 4.69) is 5.32 Å². The number of anilines is 1. The fourth-order valence-electron chi connectivity index (χ4n) is 1.49. The van der Waals surface area contributed by atoms with Crippen LogP contribution in [0.15, 0.2) is 34.9 Å². The molecule has 88 valence electrons. The number of hydrogen-bond acceptors (Lipinski definition) is 2. The van der Waals surface area contributed by atoms with Crippen LogP contribution in [-0.4, -0.2) is 5.91 Å². The Morgan fingerprint density at radius 3 is 2.65 bits per heavy atom. The first kappa shape index (κ1) is 11.4. The first-order valence-electron chi connectivity index (χ1n) is 5.19. The number of amides is 1. The summed E-state index contributed by atoms with van der Waals surface area (Å²) in [5, 5.41) is 2.61. The molecule has 1 heterocycles. The molecule has 17 heavy (non-hydrogen) atoms. The van der Waals surface area contributed by atoms with Crippen molar-refractivity contribution >= 4 is 11.6 Å². The number of rotatable bonds is 2. The highest BCUT2D eigenvalue weighted by Crippen LogP contribution is 2.16. The largest absolute Gasteiger partial charge is 0.469 e. The number of halogens is 1. The van der Waals surface area contributed by atoms with Crippen molar-refractivity contribution in [2.45, 2.75) is 13.8 Å². The average Bonchev–Trinajstić information content (AvgIpc) is 2.70. The zero-order valence-corrected chi connectivity index (χ0v) is 9.58. The van der Waals surface area contributed by atoms with Gasteiger partial charge in [0.1, 0.15) is 11.6 Å². The molecule has 0 aliphatic rings. The number of aryl methyl sites for hydroxylation is 2. The number of nitrogens with one attached hydrogen (secondary N) is 1. The first-order valence-corrected chi connectivity index (χ1v) is 5.19. The monoisotopic (exact) mass is 233 g/mol. The number of hydrogen-bond donors (Lipinski definition) is 1. The van der Waals surface area contributed by atoms with Crippen LogP contribution in [0.3, 0.4) is 0 Å². The maximum atomic E-state index is 13.3. The second kappa shape index (κ2) is 4.41. The van der Waals surface area contributed by atoms with Crippen molar-refractivity contribution in [3.05, 3.63) is 53.2 Å². The van der Waals surface area contributed by atoms with Gasteiger partial charge in [0, 0.05) is 5.69 Å². The van der Waals surface area contributed by atoms with E-state index in [1.807, 2.05) is 0 Å². The Labute approximate surface area is 98.3 Å². The van der Waals surface area contributed by atoms with Crippen molar-refractivity contribution in [2.75, 3.05) is 5.32 Å². The molecule has 0 aliphatic carbocycles. The second-order valence-electron chi connectivity index (χ2n) is 3.81. The maximum absolute atomic E-state index is 13.3. The van der Waals surface area contributed by atoms with E-state index >= 15 is 0 Å². The van der Waals surface area contributed by atoms with E-state index in [9.17, 15) is 9.18 Å². The third-order valence-corrected chi connectivity index (χ3v) is 2.53. The lowest BCUT2D eigenvalue weighted by atomic mass is 10.2.